The monoisotopic (exact) mass is 277 g/mol. The molecule has 4 N–H and O–H groups in total. The van der Waals surface area contributed by atoms with Crippen LogP contribution in [0.2, 0.25) is 0 Å². The average Bonchev–Trinajstić information content (AvgIpc) is 2.79. The molecule has 1 aliphatic heterocycles. The van der Waals surface area contributed by atoms with Crippen LogP contribution in [0.4, 0.5) is 11.4 Å². The van der Waals surface area contributed by atoms with Crippen LogP contribution in [0.3, 0.4) is 0 Å². The molecule has 1 aromatic rings. The van der Waals surface area contributed by atoms with Gasteiger partial charge in [-0.15, -0.1) is 0 Å². The highest BCUT2D eigenvalue weighted by Crippen LogP contribution is 2.23. The second kappa shape index (κ2) is 6.72. The van der Waals surface area contributed by atoms with Crippen LogP contribution in [0.5, 0.6) is 0 Å². The van der Waals surface area contributed by atoms with Crippen molar-refractivity contribution >= 4 is 17.3 Å². The fourth-order valence-corrected chi connectivity index (χ4v) is 2.73. The van der Waals surface area contributed by atoms with Crippen molar-refractivity contribution in [1.29, 1.82) is 0 Å². The lowest BCUT2D eigenvalue weighted by molar-refractivity contribution is -0.116. The van der Waals surface area contributed by atoms with E-state index in [1.807, 2.05) is 12.1 Å². The van der Waals surface area contributed by atoms with Gasteiger partial charge in [-0.25, -0.2) is 0 Å². The summed E-state index contributed by atoms with van der Waals surface area (Å²) in [5.74, 6) is 0.451. The molecule has 0 aliphatic carbocycles. The standard InChI is InChI=1S/C15H23N3O2/c1-11-6-8-18(14(11)10-19)9-7-15(20)17-13-5-3-2-4-12(13)16/h2-5,11,14,19H,6-10,16H2,1H3,(H,17,20). The number of hydrogen-bond acceptors (Lipinski definition) is 4. The number of amides is 1. The van der Waals surface area contributed by atoms with E-state index in [-0.39, 0.29) is 18.6 Å². The van der Waals surface area contributed by atoms with Crippen molar-refractivity contribution in [1.82, 2.24) is 4.90 Å². The number of benzene rings is 1. The SMILES string of the molecule is CC1CCN(CCC(=O)Nc2ccccc2N)C1CO. The van der Waals surface area contributed by atoms with Crippen LogP contribution in [0.15, 0.2) is 24.3 Å². The van der Waals surface area contributed by atoms with E-state index < -0.39 is 0 Å². The minimum absolute atomic E-state index is 0.0425. The van der Waals surface area contributed by atoms with Crippen molar-refractivity contribution in [3.8, 4) is 0 Å². The molecule has 1 amide bonds. The molecule has 1 aromatic carbocycles. The van der Waals surface area contributed by atoms with Crippen molar-refractivity contribution in [3.63, 3.8) is 0 Å². The van der Waals surface area contributed by atoms with Gasteiger partial charge in [0.25, 0.3) is 0 Å². The molecular formula is C15H23N3O2. The van der Waals surface area contributed by atoms with Crippen LogP contribution in [-0.2, 0) is 4.79 Å². The van der Waals surface area contributed by atoms with Gasteiger partial charge in [-0.3, -0.25) is 9.69 Å². The zero-order valence-electron chi connectivity index (χ0n) is 11.9. The summed E-state index contributed by atoms with van der Waals surface area (Å²) >= 11 is 0. The van der Waals surface area contributed by atoms with E-state index in [0.717, 1.165) is 13.0 Å². The summed E-state index contributed by atoms with van der Waals surface area (Å²) in [5.41, 5.74) is 7.02. The first-order valence-corrected chi connectivity index (χ1v) is 7.11. The summed E-state index contributed by atoms with van der Waals surface area (Å²) in [7, 11) is 0. The molecule has 1 saturated heterocycles. The van der Waals surface area contributed by atoms with Crippen LogP contribution in [0, 0.1) is 5.92 Å². The van der Waals surface area contributed by atoms with E-state index in [9.17, 15) is 9.90 Å². The minimum Gasteiger partial charge on any atom is -0.397 e. The van der Waals surface area contributed by atoms with Gasteiger partial charge >= 0.3 is 0 Å². The number of likely N-dealkylation sites (tertiary alicyclic amines) is 1. The number of hydrogen-bond donors (Lipinski definition) is 3. The molecule has 0 spiro atoms. The Bertz CT molecular complexity index is 464. The third kappa shape index (κ3) is 3.49. The Hall–Kier alpha value is -1.59. The van der Waals surface area contributed by atoms with Gasteiger partial charge in [0.1, 0.15) is 0 Å². The van der Waals surface area contributed by atoms with Crippen molar-refractivity contribution in [2.24, 2.45) is 5.92 Å². The van der Waals surface area contributed by atoms with E-state index in [2.05, 4.69) is 17.1 Å². The van der Waals surface area contributed by atoms with Crippen LogP contribution in [-0.4, -0.2) is 41.7 Å². The number of carbonyl (C=O) groups is 1. The van der Waals surface area contributed by atoms with E-state index in [4.69, 9.17) is 5.73 Å². The normalized spacial score (nSPS) is 22.9. The fourth-order valence-electron chi connectivity index (χ4n) is 2.73. The minimum atomic E-state index is -0.0425. The maximum absolute atomic E-state index is 11.9. The first-order valence-electron chi connectivity index (χ1n) is 7.11. The Kier molecular flexibility index (Phi) is 4.98. The van der Waals surface area contributed by atoms with Gasteiger partial charge in [0, 0.05) is 19.0 Å². The molecule has 2 rings (SSSR count). The van der Waals surface area contributed by atoms with Crippen molar-refractivity contribution in [3.05, 3.63) is 24.3 Å². The Balaban J connectivity index is 1.82. The third-order valence-corrected chi connectivity index (χ3v) is 4.05. The second-order valence-electron chi connectivity index (χ2n) is 5.44. The number of nitrogens with zero attached hydrogens (tertiary/aromatic N) is 1. The number of aliphatic hydroxyl groups is 1. The molecule has 0 radical (unpaired) electrons. The van der Waals surface area contributed by atoms with Gasteiger partial charge in [-0.1, -0.05) is 19.1 Å². The third-order valence-electron chi connectivity index (χ3n) is 4.05. The smallest absolute Gasteiger partial charge is 0.225 e. The summed E-state index contributed by atoms with van der Waals surface area (Å²) in [6.07, 6.45) is 1.50. The summed E-state index contributed by atoms with van der Waals surface area (Å²) < 4.78 is 0. The predicted octanol–water partition coefficient (Wildman–Crippen LogP) is 1.30. The molecule has 20 heavy (non-hydrogen) atoms. The number of nitrogens with one attached hydrogen (secondary N) is 1. The molecule has 2 unspecified atom stereocenters. The van der Waals surface area contributed by atoms with Gasteiger partial charge in [0.2, 0.25) is 5.91 Å². The first-order chi connectivity index (χ1) is 9.61. The molecule has 0 saturated carbocycles. The van der Waals surface area contributed by atoms with Gasteiger partial charge in [-0.2, -0.15) is 0 Å². The van der Waals surface area contributed by atoms with E-state index >= 15 is 0 Å². The van der Waals surface area contributed by atoms with Crippen LogP contribution in [0.25, 0.3) is 0 Å². The molecule has 0 aromatic heterocycles. The molecule has 2 atom stereocenters. The van der Waals surface area contributed by atoms with Gasteiger partial charge in [0.15, 0.2) is 0 Å². The number of anilines is 2. The topological polar surface area (TPSA) is 78.6 Å². The lowest BCUT2D eigenvalue weighted by Crippen LogP contribution is -2.37. The highest BCUT2D eigenvalue weighted by Gasteiger charge is 2.30. The lowest BCUT2D eigenvalue weighted by Gasteiger charge is -2.24. The highest BCUT2D eigenvalue weighted by molar-refractivity contribution is 5.93. The summed E-state index contributed by atoms with van der Waals surface area (Å²) in [5, 5.41) is 12.2. The number of para-hydroxylation sites is 2. The van der Waals surface area contributed by atoms with E-state index in [1.165, 1.54) is 0 Å². The molecule has 110 valence electrons. The molecule has 5 nitrogen and oxygen atoms in total. The van der Waals surface area contributed by atoms with Crippen LogP contribution < -0.4 is 11.1 Å². The Morgan fingerprint density at radius 3 is 2.95 bits per heavy atom. The van der Waals surface area contributed by atoms with Crippen molar-refractivity contribution in [2.45, 2.75) is 25.8 Å². The fraction of sp³-hybridized carbons (Fsp3) is 0.533. The average molecular weight is 277 g/mol. The van der Waals surface area contributed by atoms with Crippen LogP contribution in [0.1, 0.15) is 19.8 Å². The number of nitrogen functional groups attached to an aromatic ring is 1. The number of aliphatic hydroxyl groups excluding tert-OH is 1. The first kappa shape index (κ1) is 14.8. The Morgan fingerprint density at radius 2 is 2.25 bits per heavy atom. The highest BCUT2D eigenvalue weighted by atomic mass is 16.3. The molecule has 1 fully saturated rings. The predicted molar refractivity (Wildman–Crippen MR) is 80.3 cm³/mol. The maximum Gasteiger partial charge on any atom is 0.225 e. The van der Waals surface area contributed by atoms with Gasteiger partial charge in [0.05, 0.1) is 18.0 Å². The summed E-state index contributed by atoms with van der Waals surface area (Å²) in [6.45, 7) is 3.93. The van der Waals surface area contributed by atoms with Gasteiger partial charge in [-0.05, 0) is 31.0 Å². The Morgan fingerprint density at radius 1 is 1.50 bits per heavy atom. The van der Waals surface area contributed by atoms with E-state index in [1.54, 1.807) is 12.1 Å². The molecule has 1 heterocycles. The zero-order chi connectivity index (χ0) is 14.5. The van der Waals surface area contributed by atoms with Crippen molar-refractivity contribution < 1.29 is 9.90 Å². The molecular weight excluding hydrogens is 254 g/mol. The zero-order valence-corrected chi connectivity index (χ0v) is 11.9. The van der Waals surface area contributed by atoms with Crippen molar-refractivity contribution in [2.75, 3.05) is 30.7 Å². The van der Waals surface area contributed by atoms with E-state index in [0.29, 0.717) is 30.3 Å². The largest absolute Gasteiger partial charge is 0.397 e. The number of nitrogens with two attached hydrogens (primary N) is 1. The molecule has 5 heteroatoms. The van der Waals surface area contributed by atoms with Crippen LogP contribution >= 0.6 is 0 Å². The lowest BCUT2D eigenvalue weighted by atomic mass is 10.0. The molecule has 0 bridgehead atoms. The quantitative estimate of drug-likeness (QED) is 0.709. The van der Waals surface area contributed by atoms with Gasteiger partial charge < -0.3 is 16.2 Å². The Labute approximate surface area is 119 Å². The summed E-state index contributed by atoms with van der Waals surface area (Å²) in [4.78, 5) is 14.1. The molecule has 1 aliphatic rings. The number of carbonyl (C=O) groups excluding carboxylic acids is 1. The maximum atomic E-state index is 11.9. The summed E-state index contributed by atoms with van der Waals surface area (Å²) in [6, 6.07) is 7.42. The second-order valence-corrected chi connectivity index (χ2v) is 5.44. The number of rotatable bonds is 5.